The van der Waals surface area contributed by atoms with Crippen LogP contribution in [0.3, 0.4) is 0 Å². The van der Waals surface area contributed by atoms with Gasteiger partial charge in [0.2, 0.25) is 5.95 Å². The van der Waals surface area contributed by atoms with Gasteiger partial charge >= 0.3 is 0 Å². The van der Waals surface area contributed by atoms with Crippen molar-refractivity contribution in [3.63, 3.8) is 0 Å². The largest absolute Gasteiger partial charge is 0.309 e. The fourth-order valence-corrected chi connectivity index (χ4v) is 10.3. The van der Waals surface area contributed by atoms with Crippen molar-refractivity contribution in [3.8, 4) is 45.5 Å². The Morgan fingerprint density at radius 1 is 0.281 bits per heavy atom. The molecule has 0 amide bonds. The van der Waals surface area contributed by atoms with Crippen molar-refractivity contribution in [1.29, 1.82) is 0 Å². The normalized spacial score (nSPS) is 12.1. The third-order valence-electron chi connectivity index (χ3n) is 13.3. The highest BCUT2D eigenvalue weighted by molar-refractivity contribution is 6.27. The van der Waals surface area contributed by atoms with Crippen LogP contribution < -0.4 is 0 Å². The predicted octanol–water partition coefficient (Wildman–Crippen LogP) is 15.1. The maximum atomic E-state index is 5.29. The van der Waals surface area contributed by atoms with Crippen molar-refractivity contribution < 1.29 is 0 Å². The van der Waals surface area contributed by atoms with E-state index in [0.717, 1.165) is 55.0 Å². The fourth-order valence-electron chi connectivity index (χ4n) is 10.3. The second-order valence-electron chi connectivity index (χ2n) is 16.9. The molecular weight excluding hydrogens is 779 g/mol. The summed E-state index contributed by atoms with van der Waals surface area (Å²) in [5, 5.41) is 14.4. The molecule has 296 valence electrons. The lowest BCUT2D eigenvalue weighted by atomic mass is 9.94. The van der Waals surface area contributed by atoms with Gasteiger partial charge in [-0.3, -0.25) is 4.57 Å². The molecule has 0 aliphatic carbocycles. The van der Waals surface area contributed by atoms with Gasteiger partial charge in [-0.05, 0) is 109 Å². The van der Waals surface area contributed by atoms with E-state index in [9.17, 15) is 0 Å². The summed E-state index contributed by atoms with van der Waals surface area (Å²) in [4.78, 5) is 15.8. The number of hydrogen-bond donors (Lipinski definition) is 0. The number of benzene rings is 11. The second kappa shape index (κ2) is 13.4. The topological polar surface area (TPSA) is 48.5 Å². The molecule has 3 aromatic heterocycles. The van der Waals surface area contributed by atoms with E-state index in [4.69, 9.17) is 15.0 Å². The molecule has 64 heavy (non-hydrogen) atoms. The van der Waals surface area contributed by atoms with Crippen LogP contribution >= 0.6 is 0 Å². The molecule has 0 spiro atoms. The van der Waals surface area contributed by atoms with Crippen molar-refractivity contribution in [1.82, 2.24) is 24.1 Å². The summed E-state index contributed by atoms with van der Waals surface area (Å²) >= 11 is 0. The summed E-state index contributed by atoms with van der Waals surface area (Å²) < 4.78 is 4.65. The Balaban J connectivity index is 0.972. The van der Waals surface area contributed by atoms with E-state index in [1.165, 1.54) is 59.7 Å². The number of fused-ring (bicyclic) bond motifs is 6. The van der Waals surface area contributed by atoms with Gasteiger partial charge in [-0.15, -0.1) is 0 Å². The van der Waals surface area contributed by atoms with Crippen LogP contribution in [0, 0.1) is 0 Å². The van der Waals surface area contributed by atoms with Gasteiger partial charge in [0.25, 0.3) is 0 Å². The van der Waals surface area contributed by atoms with Crippen molar-refractivity contribution in [3.05, 3.63) is 212 Å². The maximum absolute atomic E-state index is 5.29. The minimum absolute atomic E-state index is 0.578. The van der Waals surface area contributed by atoms with Crippen LogP contribution in [-0.4, -0.2) is 24.1 Å². The van der Waals surface area contributed by atoms with Gasteiger partial charge in [-0.25, -0.2) is 4.98 Å². The van der Waals surface area contributed by atoms with E-state index in [1.807, 2.05) is 0 Å². The first kappa shape index (κ1) is 35.0. The molecule has 14 rings (SSSR count). The average Bonchev–Trinajstić information content (AvgIpc) is 3.88. The number of aromatic nitrogens is 5. The van der Waals surface area contributed by atoms with Gasteiger partial charge in [0.1, 0.15) is 0 Å². The average molecular weight is 814 g/mol. The molecular formula is C59H35N5. The number of hydrogen-bond acceptors (Lipinski definition) is 3. The predicted molar refractivity (Wildman–Crippen MR) is 266 cm³/mol. The summed E-state index contributed by atoms with van der Waals surface area (Å²) in [5.74, 6) is 1.83. The number of nitrogens with zero attached hydrogens (tertiary/aromatic N) is 5. The van der Waals surface area contributed by atoms with Crippen molar-refractivity contribution >= 4 is 86.7 Å². The molecule has 5 nitrogen and oxygen atoms in total. The molecule has 5 heteroatoms. The van der Waals surface area contributed by atoms with E-state index in [0.29, 0.717) is 17.6 Å². The van der Waals surface area contributed by atoms with Crippen molar-refractivity contribution in [2.75, 3.05) is 0 Å². The molecule has 0 aliphatic rings. The molecule has 0 saturated carbocycles. The molecule has 0 bridgehead atoms. The zero-order valence-corrected chi connectivity index (χ0v) is 34.4. The third kappa shape index (κ3) is 5.22. The summed E-state index contributed by atoms with van der Waals surface area (Å²) in [7, 11) is 0. The summed E-state index contributed by atoms with van der Waals surface area (Å²) in [6, 6.07) is 76.4. The summed E-state index contributed by atoms with van der Waals surface area (Å²) in [6.45, 7) is 0. The van der Waals surface area contributed by atoms with Crippen molar-refractivity contribution in [2.45, 2.75) is 0 Å². The molecule has 0 radical (unpaired) electrons. The first-order valence-electron chi connectivity index (χ1n) is 21.8. The first-order valence-corrected chi connectivity index (χ1v) is 21.8. The standard InChI is InChI=1S/C59H35N5/c1-4-13-40-32-44(22-20-36(40)10-1)57-60-58(45-23-21-37-11-2-5-14-41(37)33-45)62-59(61-57)64-51-18-8-7-17-48(51)50-35-43(26-30-52(50)64)47-29-31-54-56-49(47)28-25-39-16-9-19-53(55(39)56)63(54)46-27-24-38-12-3-6-15-42(38)34-46/h1-35H. The highest BCUT2D eigenvalue weighted by atomic mass is 15.2. The smallest absolute Gasteiger partial charge is 0.238 e. The minimum atomic E-state index is 0.578. The van der Waals surface area contributed by atoms with Gasteiger partial charge in [-0.2, -0.15) is 9.97 Å². The minimum Gasteiger partial charge on any atom is -0.309 e. The van der Waals surface area contributed by atoms with Gasteiger partial charge in [0.05, 0.1) is 22.1 Å². The van der Waals surface area contributed by atoms with Gasteiger partial charge in [0, 0.05) is 38.4 Å². The second-order valence-corrected chi connectivity index (χ2v) is 16.9. The van der Waals surface area contributed by atoms with Crippen LogP contribution in [0.1, 0.15) is 0 Å². The lowest BCUT2D eigenvalue weighted by molar-refractivity contribution is 0.954. The van der Waals surface area contributed by atoms with Gasteiger partial charge in [0.15, 0.2) is 11.6 Å². The van der Waals surface area contributed by atoms with Crippen LogP contribution in [0.15, 0.2) is 212 Å². The Labute approximate surface area is 367 Å². The molecule has 11 aromatic carbocycles. The Kier molecular flexibility index (Phi) is 7.33. The molecule has 0 atom stereocenters. The lowest BCUT2D eigenvalue weighted by Gasteiger charge is -2.12. The molecule has 0 unspecified atom stereocenters. The van der Waals surface area contributed by atoms with Crippen LogP contribution in [0.2, 0.25) is 0 Å². The Morgan fingerprint density at radius 2 is 0.812 bits per heavy atom. The highest BCUT2D eigenvalue weighted by Crippen LogP contribution is 2.44. The zero-order valence-electron chi connectivity index (χ0n) is 34.4. The molecule has 0 fully saturated rings. The Morgan fingerprint density at radius 3 is 1.53 bits per heavy atom. The molecule has 0 saturated heterocycles. The maximum Gasteiger partial charge on any atom is 0.238 e. The fraction of sp³-hybridized carbons (Fsp3) is 0. The van der Waals surface area contributed by atoms with Gasteiger partial charge < -0.3 is 4.57 Å². The molecule has 0 N–H and O–H groups in total. The highest BCUT2D eigenvalue weighted by Gasteiger charge is 2.22. The van der Waals surface area contributed by atoms with Crippen LogP contribution in [-0.2, 0) is 0 Å². The molecule has 3 heterocycles. The Hall–Kier alpha value is -8.67. The zero-order chi connectivity index (χ0) is 41.9. The first-order chi connectivity index (χ1) is 31.7. The van der Waals surface area contributed by atoms with Crippen LogP contribution in [0.4, 0.5) is 0 Å². The third-order valence-corrected chi connectivity index (χ3v) is 13.3. The molecule has 0 aliphatic heterocycles. The van der Waals surface area contributed by atoms with E-state index < -0.39 is 0 Å². The monoisotopic (exact) mass is 813 g/mol. The summed E-state index contributed by atoms with van der Waals surface area (Å²) in [5.41, 5.74) is 9.89. The number of rotatable bonds is 5. The van der Waals surface area contributed by atoms with E-state index in [1.54, 1.807) is 0 Å². The lowest BCUT2D eigenvalue weighted by Crippen LogP contribution is -2.06. The quantitative estimate of drug-likeness (QED) is 0.163. The summed E-state index contributed by atoms with van der Waals surface area (Å²) in [6.07, 6.45) is 0. The molecule has 14 aromatic rings. The SMILES string of the molecule is c1ccc2cc(-c3nc(-c4ccc5ccccc5c4)nc(-n4c5ccccc5c5cc(-c6ccc7c8c6ccc6cccc(c68)n7-c6ccc7ccccc7c6)ccc54)n3)ccc2c1. The van der Waals surface area contributed by atoms with Gasteiger partial charge in [-0.1, -0.05) is 158 Å². The van der Waals surface area contributed by atoms with Crippen LogP contribution in [0.5, 0.6) is 0 Å². The van der Waals surface area contributed by atoms with Crippen molar-refractivity contribution in [2.24, 2.45) is 0 Å². The van der Waals surface area contributed by atoms with E-state index in [2.05, 4.69) is 221 Å². The number of para-hydroxylation sites is 1. The Bertz CT molecular complexity index is 4110. The van der Waals surface area contributed by atoms with E-state index >= 15 is 0 Å². The van der Waals surface area contributed by atoms with Crippen LogP contribution in [0.25, 0.3) is 132 Å². The van der Waals surface area contributed by atoms with E-state index in [-0.39, 0.29) is 0 Å².